The van der Waals surface area contributed by atoms with Crippen LogP contribution >= 0.6 is 12.2 Å². The number of aromatic amines is 2. The van der Waals surface area contributed by atoms with Crippen molar-refractivity contribution in [3.8, 4) is 0 Å². The molecule has 0 unspecified atom stereocenters. The van der Waals surface area contributed by atoms with Gasteiger partial charge in [0.25, 0.3) is 5.56 Å². The Morgan fingerprint density at radius 2 is 2.20 bits per heavy atom. The number of rotatable bonds is 0. The molecule has 1 aromatic rings. The first-order chi connectivity index (χ1) is 4.20. The van der Waals surface area contributed by atoms with E-state index in [1.807, 2.05) is 0 Å². The summed E-state index contributed by atoms with van der Waals surface area (Å²) in [5, 5.41) is 0. The molecule has 0 saturated carbocycles. The van der Waals surface area contributed by atoms with Crippen molar-refractivity contribution in [3.63, 3.8) is 0 Å². The summed E-state index contributed by atoms with van der Waals surface area (Å²) in [5.74, 6) is 0. The van der Waals surface area contributed by atoms with E-state index in [1.165, 1.54) is 0 Å². The average Bonchev–Trinajstić information content (AvgIpc) is 1.80. The second-order valence-electron chi connectivity index (χ2n) is 1.75. The third-order valence-electron chi connectivity index (χ3n) is 1.00. The molecule has 0 aromatic carbocycles. The fraction of sp³-hybridized carbons (Fsp3) is 0.200. The molecule has 1 rings (SSSR count). The Labute approximate surface area is 76.5 Å². The largest absolute Gasteiger partial charge is 0.338 e. The second kappa shape index (κ2) is 3.82. The van der Waals surface area contributed by atoms with E-state index in [4.69, 9.17) is 0 Å². The van der Waals surface area contributed by atoms with Gasteiger partial charge in [0.15, 0.2) is 4.77 Å². The van der Waals surface area contributed by atoms with Crippen LogP contribution in [0.15, 0.2) is 11.0 Å². The van der Waals surface area contributed by atoms with Crippen LogP contribution in [0.5, 0.6) is 0 Å². The quantitative estimate of drug-likeness (QED) is 0.526. The van der Waals surface area contributed by atoms with Crippen molar-refractivity contribution in [2.75, 3.05) is 0 Å². The van der Waals surface area contributed by atoms with Crippen LogP contribution in [0.1, 0.15) is 5.56 Å². The Bertz CT molecular complexity index is 316. The Morgan fingerprint density at radius 3 is 2.60 bits per heavy atom. The molecule has 0 spiro atoms. The number of aromatic nitrogens is 2. The van der Waals surface area contributed by atoms with Gasteiger partial charge in [0.2, 0.25) is 0 Å². The number of H-pyrrole nitrogens is 2. The van der Waals surface area contributed by atoms with E-state index >= 15 is 0 Å². The maximum absolute atomic E-state index is 10.7. The molecule has 5 heteroatoms. The first-order valence-electron chi connectivity index (χ1n) is 2.49. The van der Waals surface area contributed by atoms with Crippen LogP contribution in [-0.2, 0) is 20.4 Å². The minimum Gasteiger partial charge on any atom is -0.338 e. The Kier molecular flexibility index (Phi) is 3.73. The molecule has 58 valence electrons. The normalized spacial score (nSPS) is 8.50. The smallest absolute Gasteiger partial charge is 0.254 e. The van der Waals surface area contributed by atoms with E-state index in [1.54, 1.807) is 13.1 Å². The van der Waals surface area contributed by atoms with E-state index in [0.29, 0.717) is 10.3 Å². The maximum atomic E-state index is 10.7. The van der Waals surface area contributed by atoms with Crippen molar-refractivity contribution >= 4 is 12.2 Å². The molecule has 0 fully saturated rings. The molecule has 0 bridgehead atoms. The predicted octanol–water partition coefficient (Wildman–Crippen LogP) is 0.738. The van der Waals surface area contributed by atoms with Gasteiger partial charge < -0.3 is 4.98 Å². The Hall–Kier alpha value is -0.238. The van der Waals surface area contributed by atoms with Gasteiger partial charge in [0.1, 0.15) is 0 Å². The molecule has 1 aromatic heterocycles. The van der Waals surface area contributed by atoms with Crippen LogP contribution in [0.3, 0.4) is 0 Å². The summed E-state index contributed by atoms with van der Waals surface area (Å²) in [7, 11) is 0. The van der Waals surface area contributed by atoms with Crippen molar-refractivity contribution in [1.82, 2.24) is 9.97 Å². The minimum atomic E-state index is -0.126. The summed E-state index contributed by atoms with van der Waals surface area (Å²) in [6, 6.07) is 0. The molecule has 0 amide bonds. The molecule has 0 radical (unpaired) electrons. The van der Waals surface area contributed by atoms with Crippen molar-refractivity contribution in [2.24, 2.45) is 0 Å². The van der Waals surface area contributed by atoms with Crippen LogP contribution in [-0.4, -0.2) is 9.97 Å². The van der Waals surface area contributed by atoms with E-state index in [9.17, 15) is 4.79 Å². The first-order valence-corrected chi connectivity index (χ1v) is 2.89. The molecule has 0 atom stereocenters. The average molecular weight is 249 g/mol. The maximum Gasteiger partial charge on any atom is 0.254 e. The number of hydrogen-bond donors (Lipinski definition) is 2. The second-order valence-corrected chi connectivity index (χ2v) is 2.16. The molecule has 0 aliphatic heterocycles. The number of aryl methyl sites for hydroxylation is 1. The van der Waals surface area contributed by atoms with Gasteiger partial charge >= 0.3 is 0 Å². The topological polar surface area (TPSA) is 48.6 Å². The Morgan fingerprint density at radius 1 is 1.60 bits per heavy atom. The van der Waals surface area contributed by atoms with E-state index in [0.717, 1.165) is 0 Å². The minimum absolute atomic E-state index is 0. The summed E-state index contributed by atoms with van der Waals surface area (Å²) in [6.07, 6.45) is 1.58. The number of nitrogens with one attached hydrogen (secondary N) is 2. The van der Waals surface area contributed by atoms with Crippen LogP contribution in [0.2, 0.25) is 0 Å². The number of hydrogen-bond acceptors (Lipinski definition) is 2. The van der Waals surface area contributed by atoms with Crippen molar-refractivity contribution in [3.05, 3.63) is 26.9 Å². The third-order valence-corrected chi connectivity index (χ3v) is 1.22. The molecule has 1 heterocycles. The molecule has 10 heavy (non-hydrogen) atoms. The van der Waals surface area contributed by atoms with Gasteiger partial charge in [0.05, 0.1) is 0 Å². The van der Waals surface area contributed by atoms with Crippen molar-refractivity contribution < 1.29 is 20.4 Å². The van der Waals surface area contributed by atoms with Gasteiger partial charge in [-0.25, -0.2) is 0 Å². The first kappa shape index (κ1) is 9.76. The molecule has 0 aliphatic rings. The molecule has 3 nitrogen and oxygen atoms in total. The Balaban J connectivity index is 0.000000810. The zero-order chi connectivity index (χ0) is 6.85. The molecule has 2 N–H and O–H groups in total. The zero-order valence-electron chi connectivity index (χ0n) is 5.21. The summed E-state index contributed by atoms with van der Waals surface area (Å²) >= 11 is 4.65. The van der Waals surface area contributed by atoms with Crippen molar-refractivity contribution in [1.29, 1.82) is 0 Å². The van der Waals surface area contributed by atoms with Crippen molar-refractivity contribution in [2.45, 2.75) is 6.92 Å². The van der Waals surface area contributed by atoms with E-state index < -0.39 is 0 Å². The fourth-order valence-corrected chi connectivity index (χ4v) is 0.629. The summed E-state index contributed by atoms with van der Waals surface area (Å²) in [6.45, 7) is 1.71. The van der Waals surface area contributed by atoms with Crippen LogP contribution in [0.25, 0.3) is 0 Å². The fourth-order valence-electron chi connectivity index (χ4n) is 0.477. The van der Waals surface area contributed by atoms with Crippen LogP contribution in [0, 0.1) is 11.7 Å². The van der Waals surface area contributed by atoms with Gasteiger partial charge in [-0.3, -0.25) is 9.78 Å². The van der Waals surface area contributed by atoms with Gasteiger partial charge in [-0.1, -0.05) is 0 Å². The molecule has 0 aliphatic carbocycles. The van der Waals surface area contributed by atoms with Gasteiger partial charge in [-0.05, 0) is 19.1 Å². The summed E-state index contributed by atoms with van der Waals surface area (Å²) in [5.41, 5.74) is 0.516. The molecular weight excluding hydrogens is 243 g/mol. The third kappa shape index (κ3) is 2.18. The summed E-state index contributed by atoms with van der Waals surface area (Å²) < 4.78 is 0.366. The SMILES string of the molecule is Cc1c[nH]c(=S)[nH]c1=O.[Pd]. The predicted molar refractivity (Wildman–Crippen MR) is 37.0 cm³/mol. The zero-order valence-corrected chi connectivity index (χ0v) is 7.58. The standard InChI is InChI=1S/C5H6N2OS.Pd/c1-3-2-6-5(9)7-4(3)8;/h2H,1H3,(H2,6,7,8,9);. The molecular formula is C5H6N2OPdS. The van der Waals surface area contributed by atoms with Crippen LogP contribution in [0.4, 0.5) is 0 Å². The van der Waals surface area contributed by atoms with Gasteiger partial charge in [-0.2, -0.15) is 0 Å². The van der Waals surface area contributed by atoms with Crippen LogP contribution < -0.4 is 5.56 Å². The van der Waals surface area contributed by atoms with Gasteiger partial charge in [-0.15, -0.1) is 0 Å². The molecule has 0 saturated heterocycles. The van der Waals surface area contributed by atoms with Gasteiger partial charge in [0, 0.05) is 32.2 Å². The summed E-state index contributed by atoms with van der Waals surface area (Å²) in [4.78, 5) is 15.8. The van der Waals surface area contributed by atoms with E-state index in [-0.39, 0.29) is 26.0 Å². The van der Waals surface area contributed by atoms with E-state index in [2.05, 4.69) is 22.2 Å². The monoisotopic (exact) mass is 248 g/mol.